The van der Waals surface area contributed by atoms with Crippen LogP contribution in [0.2, 0.25) is 0 Å². The first kappa shape index (κ1) is 15.0. The normalized spacial score (nSPS) is 11.9. The molecule has 1 amide bonds. The number of benzene rings is 1. The van der Waals surface area contributed by atoms with Crippen LogP contribution >= 0.6 is 0 Å². The van der Waals surface area contributed by atoms with Crippen LogP contribution in [-0.4, -0.2) is 28.6 Å². The van der Waals surface area contributed by atoms with Crippen LogP contribution < -0.4 is 10.6 Å². The van der Waals surface area contributed by atoms with Crippen molar-refractivity contribution in [2.24, 2.45) is 5.73 Å². The highest BCUT2D eigenvalue weighted by Gasteiger charge is 2.21. The molecule has 3 N–H and O–H groups in total. The van der Waals surface area contributed by atoms with Crippen molar-refractivity contribution in [2.75, 3.05) is 11.4 Å². The van der Waals surface area contributed by atoms with E-state index in [1.165, 1.54) is 0 Å². The molecule has 5 nitrogen and oxygen atoms in total. The first-order chi connectivity index (χ1) is 10.1. The van der Waals surface area contributed by atoms with Gasteiger partial charge in [-0.15, -0.1) is 0 Å². The van der Waals surface area contributed by atoms with Gasteiger partial charge in [0.2, 0.25) is 5.91 Å². The summed E-state index contributed by atoms with van der Waals surface area (Å²) in [5.41, 5.74) is 7.74. The quantitative estimate of drug-likeness (QED) is 0.876. The molecular weight excluding hydrogens is 266 g/mol. The summed E-state index contributed by atoms with van der Waals surface area (Å²) in [6.45, 7) is 2.46. The Bertz CT molecular complexity index is 584. The molecule has 0 unspecified atom stereocenters. The number of hydrogen-bond donors (Lipinski definition) is 2. The molecule has 0 aliphatic heterocycles. The summed E-state index contributed by atoms with van der Waals surface area (Å²) < 4.78 is 0. The second-order valence-electron chi connectivity index (χ2n) is 4.76. The molecule has 0 aliphatic rings. The number of phenolic OH excluding ortho intramolecular Hbond substituents is 1. The Morgan fingerprint density at radius 1 is 1.24 bits per heavy atom. The Morgan fingerprint density at radius 2 is 1.86 bits per heavy atom. The lowest BCUT2D eigenvalue weighted by Crippen LogP contribution is -2.45. The number of nitrogens with two attached hydrogens (primary N) is 1. The maximum atomic E-state index is 12.5. The third-order valence-electron chi connectivity index (χ3n) is 3.27. The second kappa shape index (κ2) is 6.85. The van der Waals surface area contributed by atoms with Crippen molar-refractivity contribution >= 4 is 11.6 Å². The number of hydrogen-bond acceptors (Lipinski definition) is 4. The largest absolute Gasteiger partial charge is 0.508 e. The van der Waals surface area contributed by atoms with E-state index in [2.05, 4.69) is 4.98 Å². The SMILES string of the molecule is CCN(C(=O)[C@@H](N)Cc1ccc(O)cc1)c1ccncc1. The van der Waals surface area contributed by atoms with E-state index in [4.69, 9.17) is 5.73 Å². The molecule has 0 bridgehead atoms. The summed E-state index contributed by atoms with van der Waals surface area (Å²) >= 11 is 0. The molecule has 1 aromatic heterocycles. The number of nitrogens with zero attached hydrogens (tertiary/aromatic N) is 2. The van der Waals surface area contributed by atoms with Gasteiger partial charge in [0.1, 0.15) is 5.75 Å². The van der Waals surface area contributed by atoms with Crippen molar-refractivity contribution in [3.63, 3.8) is 0 Å². The number of amides is 1. The number of carbonyl (C=O) groups is 1. The van der Waals surface area contributed by atoms with Crippen molar-refractivity contribution in [1.29, 1.82) is 0 Å². The number of aromatic nitrogens is 1. The molecule has 2 aromatic rings. The summed E-state index contributed by atoms with van der Waals surface area (Å²) in [5, 5.41) is 9.26. The molecule has 1 aromatic carbocycles. The molecule has 110 valence electrons. The molecule has 0 radical (unpaired) electrons. The molecule has 2 rings (SSSR count). The van der Waals surface area contributed by atoms with Gasteiger partial charge >= 0.3 is 0 Å². The van der Waals surface area contributed by atoms with Gasteiger partial charge in [0.05, 0.1) is 6.04 Å². The van der Waals surface area contributed by atoms with Crippen LogP contribution in [0.3, 0.4) is 0 Å². The number of aromatic hydroxyl groups is 1. The van der Waals surface area contributed by atoms with E-state index in [9.17, 15) is 9.90 Å². The predicted octanol–water partition coefficient (Wildman–Crippen LogP) is 1.71. The molecule has 1 heterocycles. The summed E-state index contributed by atoms with van der Waals surface area (Å²) in [6.07, 6.45) is 3.73. The number of likely N-dealkylation sites (N-methyl/N-ethyl adjacent to an activating group) is 1. The molecule has 5 heteroatoms. The zero-order valence-electron chi connectivity index (χ0n) is 11.9. The fourth-order valence-corrected chi connectivity index (χ4v) is 2.16. The van der Waals surface area contributed by atoms with E-state index in [1.807, 2.05) is 6.92 Å². The highest BCUT2D eigenvalue weighted by Crippen LogP contribution is 2.15. The van der Waals surface area contributed by atoms with Gasteiger partial charge in [0, 0.05) is 24.6 Å². The van der Waals surface area contributed by atoms with Crippen molar-refractivity contribution in [3.8, 4) is 5.75 Å². The van der Waals surface area contributed by atoms with Gasteiger partial charge < -0.3 is 15.7 Å². The molecule has 0 saturated heterocycles. The number of phenols is 1. The average molecular weight is 285 g/mol. The molecule has 0 fully saturated rings. The van der Waals surface area contributed by atoms with Gasteiger partial charge in [0.25, 0.3) is 0 Å². The summed E-state index contributed by atoms with van der Waals surface area (Å²) in [7, 11) is 0. The number of rotatable bonds is 5. The average Bonchev–Trinajstić information content (AvgIpc) is 2.51. The monoisotopic (exact) mass is 285 g/mol. The molecular formula is C16H19N3O2. The van der Waals surface area contributed by atoms with Crippen LogP contribution in [0.25, 0.3) is 0 Å². The van der Waals surface area contributed by atoms with E-state index >= 15 is 0 Å². The van der Waals surface area contributed by atoms with Crippen molar-refractivity contribution in [3.05, 3.63) is 54.4 Å². The van der Waals surface area contributed by atoms with Gasteiger partial charge in [0.15, 0.2) is 0 Å². The maximum Gasteiger partial charge on any atom is 0.244 e. The number of carbonyl (C=O) groups excluding carboxylic acids is 1. The van der Waals surface area contributed by atoms with Gasteiger partial charge in [-0.1, -0.05) is 12.1 Å². The predicted molar refractivity (Wildman–Crippen MR) is 82.1 cm³/mol. The Hall–Kier alpha value is -2.40. The van der Waals surface area contributed by atoms with Crippen LogP contribution in [0, 0.1) is 0 Å². The topological polar surface area (TPSA) is 79.5 Å². The first-order valence-corrected chi connectivity index (χ1v) is 6.86. The van der Waals surface area contributed by atoms with Crippen molar-refractivity contribution in [2.45, 2.75) is 19.4 Å². The minimum atomic E-state index is -0.623. The zero-order valence-corrected chi connectivity index (χ0v) is 11.9. The molecule has 1 atom stereocenters. The van der Waals surface area contributed by atoms with Gasteiger partial charge in [-0.25, -0.2) is 0 Å². The highest BCUT2D eigenvalue weighted by atomic mass is 16.3. The fourth-order valence-electron chi connectivity index (χ4n) is 2.16. The molecule has 21 heavy (non-hydrogen) atoms. The van der Waals surface area contributed by atoms with Gasteiger partial charge in [-0.2, -0.15) is 0 Å². The van der Waals surface area contributed by atoms with Crippen LogP contribution in [0.5, 0.6) is 5.75 Å². The summed E-state index contributed by atoms with van der Waals surface area (Å²) in [4.78, 5) is 18.1. The lowest BCUT2D eigenvalue weighted by molar-refractivity contribution is -0.119. The van der Waals surface area contributed by atoms with Crippen LogP contribution in [0.4, 0.5) is 5.69 Å². The first-order valence-electron chi connectivity index (χ1n) is 6.86. The van der Waals surface area contributed by atoms with E-state index in [0.29, 0.717) is 13.0 Å². The van der Waals surface area contributed by atoms with Crippen LogP contribution in [0.1, 0.15) is 12.5 Å². The highest BCUT2D eigenvalue weighted by molar-refractivity contribution is 5.97. The lowest BCUT2D eigenvalue weighted by atomic mass is 10.1. The smallest absolute Gasteiger partial charge is 0.244 e. The number of pyridine rings is 1. The maximum absolute atomic E-state index is 12.5. The molecule has 0 saturated carbocycles. The van der Waals surface area contributed by atoms with Crippen LogP contribution in [0.15, 0.2) is 48.8 Å². The Labute approximate surface area is 124 Å². The van der Waals surface area contributed by atoms with E-state index in [0.717, 1.165) is 11.3 Å². The third kappa shape index (κ3) is 3.79. The van der Waals surface area contributed by atoms with Crippen molar-refractivity contribution < 1.29 is 9.90 Å². The summed E-state index contributed by atoms with van der Waals surface area (Å²) in [5.74, 6) is 0.0717. The fraction of sp³-hybridized carbons (Fsp3) is 0.250. The van der Waals surface area contributed by atoms with Gasteiger partial charge in [-0.3, -0.25) is 9.78 Å². The Kier molecular flexibility index (Phi) is 4.90. The van der Waals surface area contributed by atoms with Crippen molar-refractivity contribution in [1.82, 2.24) is 4.98 Å². The molecule has 0 aliphatic carbocycles. The standard InChI is InChI=1S/C16H19N3O2/c1-2-19(13-7-9-18-10-8-13)16(21)15(17)11-12-3-5-14(20)6-4-12/h3-10,15,20H,2,11,17H2,1H3/t15-/m0/s1. The number of anilines is 1. The summed E-state index contributed by atoms with van der Waals surface area (Å²) in [6, 6.07) is 9.67. The second-order valence-corrected chi connectivity index (χ2v) is 4.76. The van der Waals surface area contributed by atoms with E-state index in [-0.39, 0.29) is 11.7 Å². The lowest BCUT2D eigenvalue weighted by Gasteiger charge is -2.24. The zero-order chi connectivity index (χ0) is 15.2. The minimum absolute atomic E-state index is 0.128. The van der Waals surface area contributed by atoms with E-state index in [1.54, 1.807) is 53.7 Å². The van der Waals surface area contributed by atoms with Gasteiger partial charge in [-0.05, 0) is 43.2 Å². The minimum Gasteiger partial charge on any atom is -0.508 e. The Balaban J connectivity index is 2.08. The Morgan fingerprint density at radius 3 is 2.43 bits per heavy atom. The van der Waals surface area contributed by atoms with E-state index < -0.39 is 6.04 Å². The third-order valence-corrected chi connectivity index (χ3v) is 3.27. The molecule has 0 spiro atoms. The van der Waals surface area contributed by atoms with Crippen LogP contribution in [-0.2, 0) is 11.2 Å².